The van der Waals surface area contributed by atoms with E-state index >= 15 is 0 Å². The lowest BCUT2D eigenvalue weighted by molar-refractivity contribution is 0.102. The predicted octanol–water partition coefficient (Wildman–Crippen LogP) is 5.05. The summed E-state index contributed by atoms with van der Waals surface area (Å²) in [5.74, 6) is 0.00138. The highest BCUT2D eigenvalue weighted by Gasteiger charge is 2.29. The molecule has 1 aliphatic heterocycles. The zero-order valence-corrected chi connectivity index (χ0v) is 19.3. The highest BCUT2D eigenvalue weighted by Crippen LogP contribution is 2.34. The number of nitrogens with zero attached hydrogens (tertiary/aromatic N) is 1. The molecule has 1 amide bonds. The molecule has 4 rings (SSSR count). The Morgan fingerprint density at radius 1 is 1.06 bits per heavy atom. The van der Waals surface area contributed by atoms with E-state index in [2.05, 4.69) is 5.32 Å². The highest BCUT2D eigenvalue weighted by atomic mass is 35.5. The minimum Gasteiger partial charge on any atom is -0.496 e. The van der Waals surface area contributed by atoms with Gasteiger partial charge < -0.3 is 10.1 Å². The van der Waals surface area contributed by atoms with Crippen molar-refractivity contribution in [2.45, 2.75) is 24.7 Å². The van der Waals surface area contributed by atoms with E-state index in [1.165, 1.54) is 17.5 Å². The van der Waals surface area contributed by atoms with Gasteiger partial charge in [0.05, 0.1) is 23.3 Å². The number of sulfonamides is 1. The number of aryl methyl sites for hydroxylation is 2. The Kier molecular flexibility index (Phi) is 6.13. The number of carbonyl (C=O) groups is 1. The van der Waals surface area contributed by atoms with Crippen molar-refractivity contribution in [3.63, 3.8) is 0 Å². The van der Waals surface area contributed by atoms with Crippen molar-refractivity contribution in [2.24, 2.45) is 0 Å². The third kappa shape index (κ3) is 4.31. The number of fused-ring (bicyclic) bond motifs is 1. The van der Waals surface area contributed by atoms with E-state index < -0.39 is 15.9 Å². The summed E-state index contributed by atoms with van der Waals surface area (Å²) in [4.78, 5) is 13.1. The SMILES string of the molecule is COc1ccc(Cl)cc1C(=O)Nc1ccc2c(c1)N(S(=O)(=O)c1ccc(C)cc1)CCC2. The molecule has 32 heavy (non-hydrogen) atoms. The Morgan fingerprint density at radius 2 is 1.81 bits per heavy atom. The van der Waals surface area contributed by atoms with Crippen LogP contribution >= 0.6 is 11.6 Å². The van der Waals surface area contributed by atoms with E-state index in [-0.39, 0.29) is 4.90 Å². The molecule has 1 aliphatic rings. The monoisotopic (exact) mass is 470 g/mol. The van der Waals surface area contributed by atoms with Gasteiger partial charge in [0, 0.05) is 17.3 Å². The molecule has 8 heteroatoms. The predicted molar refractivity (Wildman–Crippen MR) is 126 cm³/mol. The van der Waals surface area contributed by atoms with Crippen LogP contribution in [0.3, 0.4) is 0 Å². The van der Waals surface area contributed by atoms with Gasteiger partial charge in [0.25, 0.3) is 15.9 Å². The van der Waals surface area contributed by atoms with Crippen molar-refractivity contribution in [1.29, 1.82) is 0 Å². The van der Waals surface area contributed by atoms with Crippen LogP contribution in [-0.2, 0) is 16.4 Å². The first kappa shape index (κ1) is 22.2. The van der Waals surface area contributed by atoms with Crippen LogP contribution in [0.25, 0.3) is 0 Å². The summed E-state index contributed by atoms with van der Waals surface area (Å²) < 4.78 is 33.4. The molecule has 0 saturated carbocycles. The second kappa shape index (κ2) is 8.84. The van der Waals surface area contributed by atoms with Gasteiger partial charge >= 0.3 is 0 Å². The van der Waals surface area contributed by atoms with Crippen LogP contribution in [0.2, 0.25) is 5.02 Å². The van der Waals surface area contributed by atoms with Crippen LogP contribution < -0.4 is 14.4 Å². The summed E-state index contributed by atoms with van der Waals surface area (Å²) in [6.07, 6.45) is 1.50. The van der Waals surface area contributed by atoms with Crippen molar-refractivity contribution in [2.75, 3.05) is 23.3 Å². The van der Waals surface area contributed by atoms with Gasteiger partial charge in [-0.05, 0) is 67.8 Å². The summed E-state index contributed by atoms with van der Waals surface area (Å²) in [6.45, 7) is 2.29. The second-order valence-electron chi connectivity index (χ2n) is 7.64. The van der Waals surface area contributed by atoms with Gasteiger partial charge in [-0.1, -0.05) is 35.4 Å². The molecule has 0 bridgehead atoms. The molecule has 3 aromatic rings. The maximum atomic E-state index is 13.3. The van der Waals surface area contributed by atoms with Gasteiger partial charge in [0.2, 0.25) is 0 Å². The lowest BCUT2D eigenvalue weighted by Gasteiger charge is -2.31. The Hall–Kier alpha value is -3.03. The van der Waals surface area contributed by atoms with Crippen LogP contribution in [0.4, 0.5) is 11.4 Å². The fraction of sp³-hybridized carbons (Fsp3) is 0.208. The average molecular weight is 471 g/mol. The number of methoxy groups -OCH3 is 1. The molecule has 0 unspecified atom stereocenters. The number of hydrogen-bond acceptors (Lipinski definition) is 4. The van der Waals surface area contributed by atoms with E-state index in [0.29, 0.717) is 34.3 Å². The van der Waals surface area contributed by atoms with E-state index in [9.17, 15) is 13.2 Å². The standard InChI is InChI=1S/C24H23ClN2O4S/c1-16-5-10-20(11-6-16)32(29,30)27-13-3-4-17-7-9-19(15-22(17)27)26-24(28)21-14-18(25)8-12-23(21)31-2/h5-12,14-15H,3-4,13H2,1-2H3,(H,26,28). The molecule has 0 atom stereocenters. The summed E-state index contributed by atoms with van der Waals surface area (Å²) in [5.41, 5.74) is 3.27. The van der Waals surface area contributed by atoms with Crippen LogP contribution in [-0.4, -0.2) is 28.0 Å². The third-order valence-electron chi connectivity index (χ3n) is 5.43. The van der Waals surface area contributed by atoms with E-state index in [1.54, 1.807) is 48.5 Å². The summed E-state index contributed by atoms with van der Waals surface area (Å²) >= 11 is 6.04. The summed E-state index contributed by atoms with van der Waals surface area (Å²) in [5, 5.41) is 3.24. The lowest BCUT2D eigenvalue weighted by Crippen LogP contribution is -2.35. The van der Waals surface area contributed by atoms with Crippen molar-refractivity contribution in [1.82, 2.24) is 0 Å². The Labute approximate surface area is 192 Å². The lowest BCUT2D eigenvalue weighted by atomic mass is 10.0. The van der Waals surface area contributed by atoms with Crippen LogP contribution in [0.1, 0.15) is 27.9 Å². The molecule has 0 spiro atoms. The number of halogens is 1. The van der Waals surface area contributed by atoms with E-state index in [0.717, 1.165) is 24.0 Å². The van der Waals surface area contributed by atoms with Gasteiger partial charge in [-0.15, -0.1) is 0 Å². The zero-order chi connectivity index (χ0) is 22.9. The second-order valence-corrected chi connectivity index (χ2v) is 9.93. The number of amides is 1. The minimum atomic E-state index is -3.72. The number of ether oxygens (including phenoxy) is 1. The third-order valence-corrected chi connectivity index (χ3v) is 7.50. The van der Waals surface area contributed by atoms with Gasteiger partial charge in [-0.3, -0.25) is 9.10 Å². The minimum absolute atomic E-state index is 0.244. The van der Waals surface area contributed by atoms with Crippen LogP contribution in [0.5, 0.6) is 5.75 Å². The number of benzene rings is 3. The fourth-order valence-corrected chi connectivity index (χ4v) is 5.47. The largest absolute Gasteiger partial charge is 0.496 e. The number of nitrogens with one attached hydrogen (secondary N) is 1. The first-order valence-electron chi connectivity index (χ1n) is 10.2. The van der Waals surface area contributed by atoms with Gasteiger partial charge in [0.15, 0.2) is 0 Å². The molecule has 3 aromatic carbocycles. The molecule has 0 aliphatic carbocycles. The van der Waals surface area contributed by atoms with E-state index in [4.69, 9.17) is 16.3 Å². The zero-order valence-electron chi connectivity index (χ0n) is 17.8. The number of rotatable bonds is 5. The van der Waals surface area contributed by atoms with Gasteiger partial charge in [-0.2, -0.15) is 0 Å². The molecule has 0 aromatic heterocycles. The average Bonchev–Trinajstić information content (AvgIpc) is 2.78. The fourth-order valence-electron chi connectivity index (χ4n) is 3.76. The summed E-state index contributed by atoms with van der Waals surface area (Å²) in [6, 6.07) is 16.9. The number of anilines is 2. The Bertz CT molecular complexity index is 1270. The molecule has 0 fully saturated rings. The number of carbonyl (C=O) groups excluding carboxylic acids is 1. The topological polar surface area (TPSA) is 75.7 Å². The van der Waals surface area contributed by atoms with E-state index in [1.807, 2.05) is 13.0 Å². The van der Waals surface area contributed by atoms with Crippen LogP contribution in [0.15, 0.2) is 65.6 Å². The Balaban J connectivity index is 1.67. The summed E-state index contributed by atoms with van der Waals surface area (Å²) in [7, 11) is -2.24. The molecular formula is C24H23ClN2O4S. The molecule has 0 radical (unpaired) electrons. The number of hydrogen-bond donors (Lipinski definition) is 1. The molecule has 166 valence electrons. The smallest absolute Gasteiger partial charge is 0.264 e. The molecule has 6 nitrogen and oxygen atoms in total. The quantitative estimate of drug-likeness (QED) is 0.566. The molecule has 0 saturated heterocycles. The van der Waals surface area contributed by atoms with Crippen LogP contribution in [0, 0.1) is 6.92 Å². The highest BCUT2D eigenvalue weighted by molar-refractivity contribution is 7.92. The normalized spacial score (nSPS) is 13.4. The van der Waals surface area contributed by atoms with Crippen molar-refractivity contribution >= 4 is 38.9 Å². The molecule has 1 heterocycles. The maximum absolute atomic E-state index is 13.3. The van der Waals surface area contributed by atoms with Crippen molar-refractivity contribution in [3.05, 3.63) is 82.4 Å². The first-order valence-corrected chi connectivity index (χ1v) is 12.0. The maximum Gasteiger partial charge on any atom is 0.264 e. The van der Waals surface area contributed by atoms with Crippen molar-refractivity contribution in [3.8, 4) is 5.75 Å². The van der Waals surface area contributed by atoms with Crippen molar-refractivity contribution < 1.29 is 17.9 Å². The molecular weight excluding hydrogens is 448 g/mol. The van der Waals surface area contributed by atoms with Gasteiger partial charge in [0.1, 0.15) is 5.75 Å². The van der Waals surface area contributed by atoms with Gasteiger partial charge in [-0.25, -0.2) is 8.42 Å². The first-order chi connectivity index (χ1) is 15.3. The molecule has 1 N–H and O–H groups in total. The Morgan fingerprint density at radius 3 is 2.53 bits per heavy atom.